The number of urea groups is 1. The van der Waals surface area contributed by atoms with Crippen molar-refractivity contribution in [3.05, 3.63) is 133 Å². The summed E-state index contributed by atoms with van der Waals surface area (Å²) in [5.74, 6) is -0.317. The number of hydrogen-bond donors (Lipinski definition) is 10. The summed E-state index contributed by atoms with van der Waals surface area (Å²) in [5, 5.41) is 26.4. The first-order valence-corrected chi connectivity index (χ1v) is 43.0. The second kappa shape index (κ2) is 56.9. The molecule has 39 heteroatoms. The van der Waals surface area contributed by atoms with Crippen molar-refractivity contribution in [1.29, 1.82) is 5.34 Å². The number of aromatic nitrogens is 8. The molecule has 11 N–H and O–H groups in total. The molecular formula is C77H122B2N18O15SSiU2. The van der Waals surface area contributed by atoms with E-state index in [4.69, 9.17) is 39.5 Å². The van der Waals surface area contributed by atoms with Gasteiger partial charge in [0.15, 0.2) is 0 Å². The molecule has 2 aromatic carbocycles. The SMILES string of the molecule is CCC(=O)NCCCn1cnc(C[C@H](NC)C(=O)OC)c1.CN[C@@H](Cc1cn(CCCN)cn1)C(=O)OC.CN[C@@H](Cc1cn(CCCNC(=O)CCCCC2SC[C@@H]3NC(=O)N[C@H]23)cn1)C(=O)OC.COC(=O)[C@H](Cc1cn(CCCNC(=O)OCC2c3ccccc3-c3ccccc32)cn1)NC(=O)OCC[Si](C)(C)C.[3H][B][3H].[3H][B][3H].[U].[U]. The van der Waals surface area contributed by atoms with Crippen LogP contribution in [0.4, 0.5) is 14.4 Å². The van der Waals surface area contributed by atoms with Crippen molar-refractivity contribution in [2.45, 2.75) is 190 Å². The summed E-state index contributed by atoms with van der Waals surface area (Å²) in [7, 11) is 10.2. The number of nitrogens with one attached hydrogen (secondary N) is 9. The number of ether oxygens (including phenoxy) is 6. The molecule has 0 saturated carbocycles. The van der Waals surface area contributed by atoms with Gasteiger partial charge in [0.2, 0.25) is 11.8 Å². The molecular weight excluding hydrogens is 1970 g/mol. The number of rotatable bonds is 42. The second-order valence-corrected chi connectivity index (χ2v) is 35.3. The van der Waals surface area contributed by atoms with E-state index >= 15 is 0 Å². The molecule has 1 aliphatic carbocycles. The van der Waals surface area contributed by atoms with Crippen LogP contribution in [-0.4, -0.2) is 258 Å². The number of nitrogens with zero attached hydrogens (tertiary/aromatic N) is 8. The third kappa shape index (κ3) is 36.8. The number of carbonyl (C=O) groups excluding carboxylic acids is 9. The Bertz CT molecular complexity index is 3950. The summed E-state index contributed by atoms with van der Waals surface area (Å²) < 4.78 is 60.7. The van der Waals surface area contributed by atoms with Gasteiger partial charge in [-0.1, -0.05) is 81.5 Å². The monoisotopic (exact) mass is 2110 g/mol. The van der Waals surface area contributed by atoms with Crippen LogP contribution in [0.15, 0.2) is 98.6 Å². The molecule has 6 amide bonds. The standard InChI is InChI=1S/C31H40N4O6Si.C21H34N6O4S.C14H24N4O3.C11H20N4O2.2BH2.2U/c1-39-29(36)28(34-31(38)40-16-17-42(2,3)4)18-22-19-35(21-33-22)15-9-14-32-30(37)41-20-27-25-12-7-5-10-23(25)24-11-6-8-13-26(24)27;1-22-15(20(29)31-2)10-14-11-27(13-24-14)9-5-8-23-18(28)7-4-3-6-17-19-16(12-32-17)25-21(30)26-19;1-4-13(19)16-6-5-7-18-9-11(17-10-18)8-12(15-2)14(20)21-3;1-13-10(11(16)17-2)6-9-7-15(8-14-9)5-3-4-12;;;;/h5-8,10-13,19,21,27-28H,9,14-18,20H2,1-4H3,(H,32,37)(H,34,38);11,13,15-17,19,22H,3-10,12H2,1-2H3,(H,23,28)(H2,25,26,30);9-10,12,15H,4-8H2,1-3H3,(H,16,19);7-8,10,13H,3-6,12H2,1-2H3;2*1H2;;/t28-;15-,16-,17?,19-;12-;10-;;;;/m0000..../s1/i;;;;2*1T2;;. The number of benzene rings is 2. The van der Waals surface area contributed by atoms with Gasteiger partial charge in [-0.05, 0) is 99.9 Å². The molecule has 9 rings (SSSR count). The van der Waals surface area contributed by atoms with Gasteiger partial charge in [0.25, 0.3) is 0 Å². The predicted molar refractivity (Wildman–Crippen MR) is 445 cm³/mol. The third-order valence-electron chi connectivity index (χ3n) is 18.8. The van der Waals surface area contributed by atoms with Gasteiger partial charge < -0.3 is 100 Å². The maximum Gasteiger partial charge on any atom is 0.407 e. The molecule has 3 aliphatic rings. The van der Waals surface area contributed by atoms with Crippen LogP contribution < -0.4 is 53.6 Å². The zero-order valence-corrected chi connectivity index (χ0v) is 79.0. The van der Waals surface area contributed by atoms with Gasteiger partial charge in [-0.2, -0.15) is 11.8 Å². The van der Waals surface area contributed by atoms with Crippen LogP contribution in [-0.2, 0) is 109 Å². The molecule has 0 bridgehead atoms. The molecule has 2 aliphatic heterocycles. The van der Waals surface area contributed by atoms with Gasteiger partial charge >= 0.3 is 42.1 Å². The Morgan fingerprint density at radius 2 is 0.991 bits per heavy atom. The molecule has 6 aromatic rings. The Balaban J connectivity index is 0.000000554. The number of hydrogen-bond acceptors (Lipinski definition) is 24. The molecule has 4 aromatic heterocycles. The maximum atomic E-state index is 12.4. The van der Waals surface area contributed by atoms with Crippen molar-refractivity contribution in [3.63, 3.8) is 0 Å². The van der Waals surface area contributed by atoms with E-state index in [0.29, 0.717) is 105 Å². The number of unbranched alkanes of at least 4 members (excludes halogenated alkanes) is 1. The van der Waals surface area contributed by atoms with E-state index in [-0.39, 0.29) is 141 Å². The molecule has 2 fully saturated rings. The Labute approximate surface area is 743 Å². The molecule has 116 heavy (non-hydrogen) atoms. The Morgan fingerprint density at radius 1 is 0.578 bits per heavy atom. The fraction of sp³-hybridized carbons (Fsp3) is 0.571. The van der Waals surface area contributed by atoms with Crippen LogP contribution in [0.1, 0.15) is 105 Å². The fourth-order valence-corrected chi connectivity index (χ4v) is 14.8. The van der Waals surface area contributed by atoms with Crippen LogP contribution in [0.5, 0.6) is 0 Å². The number of amides is 6. The van der Waals surface area contributed by atoms with E-state index in [2.05, 4.69) is 112 Å². The van der Waals surface area contributed by atoms with Crippen molar-refractivity contribution in [3.8, 4) is 11.1 Å². The van der Waals surface area contributed by atoms with E-state index < -0.39 is 38.3 Å². The van der Waals surface area contributed by atoms with Gasteiger partial charge in [-0.15, -0.1) is 0 Å². The number of esters is 4. The molecule has 0 spiro atoms. The normalized spacial score (nSPS) is 15.2. The number of nitrogens with two attached hydrogens (primary N) is 1. The van der Waals surface area contributed by atoms with E-state index in [1.165, 1.54) is 50.7 Å². The minimum absolute atomic E-state index is 0. The summed E-state index contributed by atoms with van der Waals surface area (Å²) in [6.45, 7) is 14.3. The summed E-state index contributed by atoms with van der Waals surface area (Å²) in [5.41, 5.74) is 13.3. The fourth-order valence-electron chi connectivity index (χ4n) is 12.5. The first-order valence-electron chi connectivity index (χ1n) is 40.6. The quantitative estimate of drug-likeness (QED) is 0.00865. The number of thioether (sulfide) groups is 1. The first kappa shape index (κ1) is 97.4. The van der Waals surface area contributed by atoms with Gasteiger partial charge in [0, 0.05) is 196 Å². The van der Waals surface area contributed by atoms with Crippen molar-refractivity contribution in [1.82, 2.24) is 86.1 Å². The number of methoxy groups -OCH3 is 4. The van der Waals surface area contributed by atoms with Crippen molar-refractivity contribution < 1.29 is 134 Å². The molecule has 2 saturated heterocycles. The molecule has 634 valence electrons. The number of imidazole rings is 4. The minimum Gasteiger partial charge on any atom is -0.468 e. The summed E-state index contributed by atoms with van der Waals surface area (Å²) in [4.78, 5) is 123. The predicted octanol–water partition coefficient (Wildman–Crippen LogP) is 3.18. The topological polar surface area (TPSA) is 415 Å². The van der Waals surface area contributed by atoms with Crippen molar-refractivity contribution >= 4 is 90.4 Å². The van der Waals surface area contributed by atoms with E-state index in [1.54, 1.807) is 46.5 Å². The van der Waals surface area contributed by atoms with Gasteiger partial charge in [-0.25, -0.2) is 39.1 Å². The zero-order valence-electron chi connectivity index (χ0n) is 72.9. The van der Waals surface area contributed by atoms with Crippen LogP contribution >= 0.6 is 11.8 Å². The van der Waals surface area contributed by atoms with Crippen LogP contribution in [0.25, 0.3) is 11.1 Å². The van der Waals surface area contributed by atoms with Crippen LogP contribution in [0.2, 0.25) is 25.7 Å². The average molecular weight is 2110 g/mol. The molecule has 1 unspecified atom stereocenters. The van der Waals surface area contributed by atoms with Crippen LogP contribution in [0, 0.1) is 62.2 Å². The summed E-state index contributed by atoms with van der Waals surface area (Å²) in [6.07, 6.45) is 22.2. The number of fused-ring (bicyclic) bond motifs is 4. The minimum atomic E-state index is -1.34. The third-order valence-corrected chi connectivity index (χ3v) is 22.0. The summed E-state index contributed by atoms with van der Waals surface area (Å²) in [6, 6.07) is 15.7. The smallest absolute Gasteiger partial charge is 0.407 e. The average Bonchev–Trinajstić information content (AvgIpc) is 1.62. The van der Waals surface area contributed by atoms with Crippen molar-refractivity contribution in [2.24, 2.45) is 5.73 Å². The van der Waals surface area contributed by atoms with Gasteiger partial charge in [-0.3, -0.25) is 24.0 Å². The Morgan fingerprint density at radius 3 is 1.41 bits per heavy atom. The van der Waals surface area contributed by atoms with Gasteiger partial charge in [0.1, 0.15) is 30.8 Å². The van der Waals surface area contributed by atoms with Crippen LogP contribution in [0.3, 0.4) is 0 Å². The number of carbonyl (C=O) groups is 9. The largest absolute Gasteiger partial charge is 0.468 e. The first-order chi connectivity index (χ1) is 56.8. The van der Waals surface area contributed by atoms with E-state index in [9.17, 15) is 43.2 Å². The second-order valence-electron chi connectivity index (χ2n) is 28.4. The van der Waals surface area contributed by atoms with Crippen molar-refractivity contribution in [2.75, 3.05) is 94.7 Å². The van der Waals surface area contributed by atoms with Gasteiger partial charge in [0.05, 0.1) is 112 Å². The molecule has 33 nitrogen and oxygen atoms in total. The number of likely N-dealkylation sites (N-methyl/N-ethyl adjacent to an activating group) is 3. The van der Waals surface area contributed by atoms with E-state index in [1.807, 2.05) is 86.0 Å². The molecule has 2 radical (unpaired) electrons. The van der Waals surface area contributed by atoms with E-state index in [0.717, 1.165) is 87.0 Å². The zero-order chi connectivity index (χ0) is 86.8. The number of alkyl carbamates (subject to hydrolysis) is 2. The molecule has 6 heterocycles. The Hall–Kier alpha value is -7.45. The maximum absolute atomic E-state index is 12.4. The Kier molecular flexibility index (Phi) is 47.7. The number of aryl methyl sites for hydroxylation is 4. The summed E-state index contributed by atoms with van der Waals surface area (Å²) >= 11 is 1.91. The molecule has 7 atom stereocenters.